The van der Waals surface area contributed by atoms with Crippen LogP contribution in [0.15, 0.2) is 36.4 Å². The highest BCUT2D eigenvalue weighted by Crippen LogP contribution is 2.25. The minimum Gasteiger partial charge on any atom is -0.495 e. The molecule has 0 fully saturated rings. The molecule has 0 saturated carbocycles. The lowest BCUT2D eigenvalue weighted by Gasteiger charge is -2.16. The smallest absolute Gasteiger partial charge is 0.338 e. The molecule has 2 aromatic carbocycles. The molecule has 1 aliphatic rings. The molecule has 0 radical (unpaired) electrons. The molecule has 0 saturated heterocycles. The summed E-state index contributed by atoms with van der Waals surface area (Å²) in [5.74, 6) is -0.324. The second-order valence-corrected chi connectivity index (χ2v) is 6.52. The fourth-order valence-electron chi connectivity index (χ4n) is 3.18. The third-order valence-electron chi connectivity index (χ3n) is 4.55. The van der Waals surface area contributed by atoms with Gasteiger partial charge in [-0.2, -0.15) is 0 Å². The Bertz CT molecular complexity index is 829. The summed E-state index contributed by atoms with van der Waals surface area (Å²) in [4.78, 5) is 24.4. The highest BCUT2D eigenvalue weighted by atomic mass is 16.5. The van der Waals surface area contributed by atoms with Gasteiger partial charge in [0.25, 0.3) is 5.91 Å². The molecule has 0 heterocycles. The molecule has 3 rings (SSSR count). The predicted molar refractivity (Wildman–Crippen MR) is 99.7 cm³/mol. The number of nitrogens with one attached hydrogen (secondary N) is 1. The second kappa shape index (κ2) is 8.04. The number of methoxy groups -OCH3 is 1. The molecule has 2 aromatic rings. The van der Waals surface area contributed by atoms with Crippen LogP contribution in [0.1, 0.15) is 39.9 Å². The Morgan fingerprint density at radius 1 is 1.04 bits per heavy atom. The lowest BCUT2D eigenvalue weighted by molar-refractivity contribution is -0.119. The zero-order valence-corrected chi connectivity index (χ0v) is 15.1. The van der Waals surface area contributed by atoms with Crippen LogP contribution in [0.4, 0.5) is 5.69 Å². The topological polar surface area (TPSA) is 64.6 Å². The number of carbonyl (C=O) groups is 2. The van der Waals surface area contributed by atoms with E-state index in [2.05, 4.69) is 5.32 Å². The summed E-state index contributed by atoms with van der Waals surface area (Å²) in [7, 11) is 1.54. The summed E-state index contributed by atoms with van der Waals surface area (Å²) in [5, 5.41) is 2.72. The van der Waals surface area contributed by atoms with Gasteiger partial charge in [-0.05, 0) is 73.6 Å². The average molecular weight is 353 g/mol. The van der Waals surface area contributed by atoms with E-state index in [1.54, 1.807) is 12.1 Å². The molecule has 26 heavy (non-hydrogen) atoms. The SMILES string of the molecule is COc1ccc(C)cc1NC(=O)COC(=O)c1ccc2c(c1)CCCC2. The summed E-state index contributed by atoms with van der Waals surface area (Å²) < 4.78 is 10.4. The number of esters is 1. The Morgan fingerprint density at radius 3 is 2.58 bits per heavy atom. The first-order valence-electron chi connectivity index (χ1n) is 8.80. The minimum atomic E-state index is -0.482. The molecule has 1 amide bonds. The van der Waals surface area contributed by atoms with Crippen molar-refractivity contribution >= 4 is 17.6 Å². The maximum atomic E-state index is 12.2. The summed E-state index contributed by atoms with van der Waals surface area (Å²) in [6.07, 6.45) is 4.39. The lowest BCUT2D eigenvalue weighted by Crippen LogP contribution is -2.21. The summed E-state index contributed by atoms with van der Waals surface area (Å²) in [6, 6.07) is 11.1. The Hall–Kier alpha value is -2.82. The lowest BCUT2D eigenvalue weighted by atomic mass is 9.90. The Morgan fingerprint density at radius 2 is 1.81 bits per heavy atom. The maximum absolute atomic E-state index is 12.2. The molecule has 0 bridgehead atoms. The van der Waals surface area contributed by atoms with Crippen molar-refractivity contribution in [2.45, 2.75) is 32.6 Å². The van der Waals surface area contributed by atoms with Crippen molar-refractivity contribution in [1.82, 2.24) is 0 Å². The van der Waals surface area contributed by atoms with Gasteiger partial charge >= 0.3 is 5.97 Å². The van der Waals surface area contributed by atoms with Gasteiger partial charge in [0.1, 0.15) is 5.75 Å². The molecule has 5 heteroatoms. The summed E-state index contributed by atoms with van der Waals surface area (Å²) >= 11 is 0. The van der Waals surface area contributed by atoms with Gasteiger partial charge in [0.05, 0.1) is 18.4 Å². The van der Waals surface area contributed by atoms with Gasteiger partial charge in [-0.25, -0.2) is 4.79 Å². The zero-order valence-electron chi connectivity index (χ0n) is 15.1. The summed E-state index contributed by atoms with van der Waals surface area (Å²) in [5.41, 5.74) is 4.55. The highest BCUT2D eigenvalue weighted by Gasteiger charge is 2.15. The monoisotopic (exact) mass is 353 g/mol. The largest absolute Gasteiger partial charge is 0.495 e. The Balaban J connectivity index is 1.59. The number of amides is 1. The minimum absolute atomic E-state index is 0.340. The average Bonchev–Trinajstić information content (AvgIpc) is 2.66. The van der Waals surface area contributed by atoms with Crippen molar-refractivity contribution in [3.8, 4) is 5.75 Å². The van der Waals surface area contributed by atoms with Crippen molar-refractivity contribution in [2.75, 3.05) is 19.0 Å². The zero-order chi connectivity index (χ0) is 18.5. The van der Waals surface area contributed by atoms with Crippen molar-refractivity contribution in [3.63, 3.8) is 0 Å². The van der Waals surface area contributed by atoms with Crippen molar-refractivity contribution in [3.05, 3.63) is 58.7 Å². The van der Waals surface area contributed by atoms with E-state index in [1.165, 1.54) is 24.7 Å². The van der Waals surface area contributed by atoms with Crippen molar-refractivity contribution in [1.29, 1.82) is 0 Å². The number of rotatable bonds is 5. The van der Waals surface area contributed by atoms with Gasteiger partial charge in [-0.15, -0.1) is 0 Å². The first-order chi connectivity index (χ1) is 12.6. The Kier molecular flexibility index (Phi) is 5.56. The van der Waals surface area contributed by atoms with Crippen molar-refractivity contribution in [2.24, 2.45) is 0 Å². The van der Waals surface area contributed by atoms with E-state index in [0.29, 0.717) is 17.0 Å². The number of ether oxygens (including phenoxy) is 2. The van der Waals surface area contributed by atoms with Gasteiger partial charge in [0, 0.05) is 0 Å². The number of hydrogen-bond donors (Lipinski definition) is 1. The molecule has 0 spiro atoms. The van der Waals surface area contributed by atoms with Gasteiger partial charge in [0.2, 0.25) is 0 Å². The van der Waals surface area contributed by atoms with E-state index in [9.17, 15) is 9.59 Å². The second-order valence-electron chi connectivity index (χ2n) is 6.52. The van der Waals surface area contributed by atoms with E-state index in [-0.39, 0.29) is 6.61 Å². The number of hydrogen-bond acceptors (Lipinski definition) is 4. The van der Waals surface area contributed by atoms with Gasteiger partial charge in [-0.1, -0.05) is 12.1 Å². The molecular weight excluding hydrogens is 330 g/mol. The van der Waals surface area contributed by atoms with Crippen LogP contribution in [0, 0.1) is 6.92 Å². The number of aryl methyl sites for hydroxylation is 3. The third-order valence-corrected chi connectivity index (χ3v) is 4.55. The maximum Gasteiger partial charge on any atom is 0.338 e. The first kappa shape index (κ1) is 18.0. The normalized spacial score (nSPS) is 12.8. The molecular formula is C21H23NO4. The van der Waals surface area contributed by atoms with Crippen LogP contribution in [0.2, 0.25) is 0 Å². The predicted octanol–water partition coefficient (Wildman–Crippen LogP) is 3.68. The quantitative estimate of drug-likeness (QED) is 0.833. The van der Waals surface area contributed by atoms with Crippen LogP contribution in [-0.2, 0) is 22.4 Å². The molecule has 0 unspecified atom stereocenters. The number of fused-ring (bicyclic) bond motifs is 1. The van der Waals surface area contributed by atoms with Gasteiger partial charge in [0.15, 0.2) is 6.61 Å². The van der Waals surface area contributed by atoms with Gasteiger partial charge in [-0.3, -0.25) is 4.79 Å². The molecule has 0 aromatic heterocycles. The standard InChI is InChI=1S/C21H23NO4/c1-14-7-10-19(25-2)18(11-14)22-20(23)13-26-21(24)17-9-8-15-5-3-4-6-16(15)12-17/h7-12H,3-6,13H2,1-2H3,(H,22,23). The van der Waals surface area contributed by atoms with E-state index in [1.807, 2.05) is 31.2 Å². The molecule has 0 atom stereocenters. The molecule has 136 valence electrons. The number of carbonyl (C=O) groups excluding carboxylic acids is 2. The van der Waals surface area contributed by atoms with Crippen LogP contribution in [0.3, 0.4) is 0 Å². The first-order valence-corrected chi connectivity index (χ1v) is 8.80. The van der Waals surface area contributed by atoms with E-state index < -0.39 is 11.9 Å². The van der Waals surface area contributed by atoms with E-state index in [4.69, 9.17) is 9.47 Å². The Labute approximate surface area is 153 Å². The highest BCUT2D eigenvalue weighted by molar-refractivity contribution is 5.96. The number of anilines is 1. The molecule has 1 N–H and O–H groups in total. The molecule has 1 aliphatic carbocycles. The van der Waals surface area contributed by atoms with Crippen LogP contribution in [0.25, 0.3) is 0 Å². The van der Waals surface area contributed by atoms with Crippen LogP contribution >= 0.6 is 0 Å². The van der Waals surface area contributed by atoms with E-state index >= 15 is 0 Å². The van der Waals surface area contributed by atoms with Crippen LogP contribution < -0.4 is 10.1 Å². The summed E-state index contributed by atoms with van der Waals surface area (Å²) in [6.45, 7) is 1.58. The fourth-order valence-corrected chi connectivity index (χ4v) is 3.18. The van der Waals surface area contributed by atoms with Crippen LogP contribution in [-0.4, -0.2) is 25.6 Å². The van der Waals surface area contributed by atoms with Crippen LogP contribution in [0.5, 0.6) is 5.75 Å². The fraction of sp³-hybridized carbons (Fsp3) is 0.333. The molecule has 0 aliphatic heterocycles. The van der Waals surface area contributed by atoms with Crippen molar-refractivity contribution < 1.29 is 19.1 Å². The van der Waals surface area contributed by atoms with Gasteiger partial charge < -0.3 is 14.8 Å². The van der Waals surface area contributed by atoms with E-state index in [0.717, 1.165) is 24.8 Å². The molecule has 5 nitrogen and oxygen atoms in total. The number of benzene rings is 2. The third kappa shape index (κ3) is 4.23.